The van der Waals surface area contributed by atoms with E-state index in [1.807, 2.05) is 24.3 Å². The second-order valence-corrected chi connectivity index (χ2v) is 5.34. The number of fused-ring (bicyclic) bond motifs is 2. The number of para-hydroxylation sites is 1. The van der Waals surface area contributed by atoms with Gasteiger partial charge in [-0.1, -0.05) is 18.2 Å². The van der Waals surface area contributed by atoms with Crippen LogP contribution in [0, 0.1) is 11.3 Å². The normalized spacial score (nSPS) is 27.1. The van der Waals surface area contributed by atoms with Crippen molar-refractivity contribution in [2.45, 2.75) is 17.9 Å². The first-order valence-electron chi connectivity index (χ1n) is 6.02. The van der Waals surface area contributed by atoms with Gasteiger partial charge in [-0.05, 0) is 11.6 Å². The molecular formula is C13H10IN3O3. The second-order valence-electron chi connectivity index (χ2n) is 4.90. The minimum atomic E-state index is -0.845. The van der Waals surface area contributed by atoms with E-state index in [0.717, 1.165) is 11.3 Å². The SMILES string of the molecule is N#CC1CC2(CN1C(=O)OI)C(=O)Nc1ccccc12. The average molecular weight is 383 g/mol. The van der Waals surface area contributed by atoms with Crippen LogP contribution in [-0.2, 0) is 13.3 Å². The fraction of sp³-hybridized carbons (Fsp3) is 0.308. The number of rotatable bonds is 0. The Morgan fingerprint density at radius 2 is 2.30 bits per heavy atom. The summed E-state index contributed by atoms with van der Waals surface area (Å²) in [6.07, 6.45) is -0.302. The summed E-state index contributed by atoms with van der Waals surface area (Å²) < 4.78 is 4.67. The molecule has 2 amide bonds. The van der Waals surface area contributed by atoms with E-state index in [0.29, 0.717) is 0 Å². The van der Waals surface area contributed by atoms with Gasteiger partial charge in [0.15, 0.2) is 23.0 Å². The van der Waals surface area contributed by atoms with E-state index in [1.54, 1.807) is 0 Å². The second kappa shape index (κ2) is 4.63. The minimum absolute atomic E-state index is 0.163. The number of anilines is 1. The topological polar surface area (TPSA) is 82.4 Å². The van der Waals surface area contributed by atoms with E-state index < -0.39 is 17.6 Å². The molecule has 0 saturated carbocycles. The Labute approximate surface area is 129 Å². The minimum Gasteiger partial charge on any atom is -0.378 e. The number of nitrogens with one attached hydrogen (secondary N) is 1. The highest BCUT2D eigenvalue weighted by Crippen LogP contribution is 2.46. The maximum Gasteiger partial charge on any atom is 0.420 e. The van der Waals surface area contributed by atoms with Crippen molar-refractivity contribution in [3.8, 4) is 6.07 Å². The zero-order valence-corrected chi connectivity index (χ0v) is 12.5. The van der Waals surface area contributed by atoms with Crippen LogP contribution >= 0.6 is 23.0 Å². The zero-order valence-electron chi connectivity index (χ0n) is 10.3. The van der Waals surface area contributed by atoms with Crippen LogP contribution in [0.4, 0.5) is 10.5 Å². The van der Waals surface area contributed by atoms with Crippen LogP contribution in [0.2, 0.25) is 0 Å². The van der Waals surface area contributed by atoms with Crippen molar-refractivity contribution in [1.82, 2.24) is 4.90 Å². The predicted molar refractivity (Wildman–Crippen MR) is 78.0 cm³/mol. The van der Waals surface area contributed by atoms with Gasteiger partial charge in [-0.15, -0.1) is 0 Å². The van der Waals surface area contributed by atoms with Crippen LogP contribution in [-0.4, -0.2) is 29.5 Å². The molecule has 1 spiro atoms. The Kier molecular flexibility index (Phi) is 3.05. The van der Waals surface area contributed by atoms with Gasteiger partial charge < -0.3 is 8.38 Å². The third-order valence-electron chi connectivity index (χ3n) is 3.93. The van der Waals surface area contributed by atoms with Crippen molar-refractivity contribution in [2.24, 2.45) is 0 Å². The first-order chi connectivity index (χ1) is 9.62. The molecule has 0 aromatic heterocycles. The highest BCUT2D eigenvalue weighted by molar-refractivity contribution is 14.1. The summed E-state index contributed by atoms with van der Waals surface area (Å²) in [6.45, 7) is 0.163. The third kappa shape index (κ3) is 1.67. The van der Waals surface area contributed by atoms with Gasteiger partial charge in [0, 0.05) is 18.7 Å². The molecular weight excluding hydrogens is 373 g/mol. The molecule has 7 heteroatoms. The molecule has 2 aliphatic heterocycles. The number of carbonyl (C=O) groups excluding carboxylic acids is 2. The maximum atomic E-state index is 12.4. The largest absolute Gasteiger partial charge is 0.420 e. The summed E-state index contributed by atoms with van der Waals surface area (Å²) in [5.41, 5.74) is 0.745. The highest BCUT2D eigenvalue weighted by atomic mass is 127. The molecule has 0 radical (unpaired) electrons. The molecule has 2 aliphatic rings. The third-order valence-corrected chi connectivity index (χ3v) is 4.31. The van der Waals surface area contributed by atoms with Gasteiger partial charge in [-0.25, -0.2) is 4.79 Å². The Hall–Kier alpha value is -1.82. The van der Waals surface area contributed by atoms with Gasteiger partial charge in [0.25, 0.3) is 0 Å². The number of hydrogen-bond donors (Lipinski definition) is 1. The first-order valence-corrected chi connectivity index (χ1v) is 6.90. The average Bonchev–Trinajstić information content (AvgIpc) is 2.99. The Balaban J connectivity index is 2.05. The molecule has 1 N–H and O–H groups in total. The van der Waals surface area contributed by atoms with Gasteiger partial charge in [0.2, 0.25) is 5.91 Å². The van der Waals surface area contributed by atoms with Crippen molar-refractivity contribution < 1.29 is 12.7 Å². The van der Waals surface area contributed by atoms with Gasteiger partial charge in [-0.2, -0.15) is 5.26 Å². The molecule has 1 aromatic rings. The quantitative estimate of drug-likeness (QED) is 0.695. The molecule has 2 unspecified atom stereocenters. The highest BCUT2D eigenvalue weighted by Gasteiger charge is 2.56. The number of amides is 2. The summed E-state index contributed by atoms with van der Waals surface area (Å²) in [7, 11) is 0. The molecule has 1 saturated heterocycles. The standard InChI is InChI=1S/C13H10IN3O3/c14-20-12(19)17-7-13(5-8(17)6-15)9-3-1-2-4-10(9)16-11(13)18/h1-4,8H,5,7H2,(H,16,18). The van der Waals surface area contributed by atoms with Crippen molar-refractivity contribution >= 4 is 40.7 Å². The summed E-state index contributed by atoms with van der Waals surface area (Å²) in [4.78, 5) is 25.4. The Bertz CT molecular complexity index is 642. The molecule has 3 rings (SSSR count). The van der Waals surface area contributed by atoms with E-state index >= 15 is 0 Å². The van der Waals surface area contributed by atoms with Crippen LogP contribution in [0.5, 0.6) is 0 Å². The molecule has 2 atom stereocenters. The van der Waals surface area contributed by atoms with Gasteiger partial charge in [0.05, 0.1) is 11.5 Å². The lowest BCUT2D eigenvalue weighted by Crippen LogP contribution is -2.39. The lowest BCUT2D eigenvalue weighted by Gasteiger charge is -2.21. The number of carbonyl (C=O) groups is 2. The number of likely N-dealkylation sites (tertiary alicyclic amines) is 1. The van der Waals surface area contributed by atoms with E-state index in [-0.39, 0.29) is 18.9 Å². The summed E-state index contributed by atoms with van der Waals surface area (Å²) in [5, 5.41) is 12.0. The molecule has 102 valence electrons. The fourth-order valence-electron chi connectivity index (χ4n) is 2.99. The molecule has 2 heterocycles. The molecule has 6 nitrogen and oxygen atoms in total. The van der Waals surface area contributed by atoms with Crippen LogP contribution in [0.25, 0.3) is 0 Å². The molecule has 0 aliphatic carbocycles. The maximum absolute atomic E-state index is 12.4. The van der Waals surface area contributed by atoms with E-state index in [2.05, 4.69) is 14.5 Å². The molecule has 1 aromatic carbocycles. The lowest BCUT2D eigenvalue weighted by atomic mass is 9.80. The van der Waals surface area contributed by atoms with E-state index in [4.69, 9.17) is 0 Å². The summed E-state index contributed by atoms with van der Waals surface area (Å²) >= 11 is 1.49. The summed E-state index contributed by atoms with van der Waals surface area (Å²) in [6, 6.07) is 8.79. The lowest BCUT2D eigenvalue weighted by molar-refractivity contribution is -0.120. The predicted octanol–water partition coefficient (Wildman–Crippen LogP) is 1.96. The number of benzene rings is 1. The van der Waals surface area contributed by atoms with E-state index in [9.17, 15) is 14.9 Å². The molecule has 20 heavy (non-hydrogen) atoms. The number of hydrogen-bond acceptors (Lipinski definition) is 4. The van der Waals surface area contributed by atoms with Crippen molar-refractivity contribution in [2.75, 3.05) is 11.9 Å². The Morgan fingerprint density at radius 1 is 1.55 bits per heavy atom. The monoisotopic (exact) mass is 383 g/mol. The van der Waals surface area contributed by atoms with Crippen molar-refractivity contribution in [3.63, 3.8) is 0 Å². The van der Waals surface area contributed by atoms with Gasteiger partial charge >= 0.3 is 6.09 Å². The van der Waals surface area contributed by atoms with Gasteiger partial charge in [-0.3, -0.25) is 9.69 Å². The fourth-order valence-corrected chi connectivity index (χ4v) is 3.24. The van der Waals surface area contributed by atoms with Crippen LogP contribution in [0.15, 0.2) is 24.3 Å². The first kappa shape index (κ1) is 13.2. The van der Waals surface area contributed by atoms with Crippen molar-refractivity contribution in [1.29, 1.82) is 5.26 Å². The van der Waals surface area contributed by atoms with Crippen molar-refractivity contribution in [3.05, 3.63) is 29.8 Å². The zero-order chi connectivity index (χ0) is 14.3. The number of nitriles is 1. The Morgan fingerprint density at radius 3 is 3.00 bits per heavy atom. The molecule has 1 fully saturated rings. The van der Waals surface area contributed by atoms with Crippen LogP contribution in [0.1, 0.15) is 12.0 Å². The summed E-state index contributed by atoms with van der Waals surface area (Å²) in [5.74, 6) is -0.164. The smallest absolute Gasteiger partial charge is 0.378 e. The number of nitrogens with zero attached hydrogens (tertiary/aromatic N) is 2. The van der Waals surface area contributed by atoms with E-state index in [1.165, 1.54) is 27.9 Å². The van der Waals surface area contributed by atoms with Crippen LogP contribution in [0.3, 0.4) is 0 Å². The van der Waals surface area contributed by atoms with Gasteiger partial charge in [0.1, 0.15) is 6.04 Å². The molecule has 0 bridgehead atoms. The van der Waals surface area contributed by atoms with Crippen LogP contribution < -0.4 is 5.32 Å². The number of halogens is 1.